The topological polar surface area (TPSA) is 102 Å². The highest BCUT2D eigenvalue weighted by Crippen LogP contribution is 2.35. The van der Waals surface area contributed by atoms with Gasteiger partial charge in [-0.05, 0) is 37.5 Å². The summed E-state index contributed by atoms with van der Waals surface area (Å²) in [5, 5.41) is 17.0. The third kappa shape index (κ3) is 2.49. The van der Waals surface area contributed by atoms with Crippen LogP contribution in [0.2, 0.25) is 0 Å². The summed E-state index contributed by atoms with van der Waals surface area (Å²) in [4.78, 5) is 29.8. The highest BCUT2D eigenvalue weighted by molar-refractivity contribution is 6.49. The number of aliphatic hydroxyl groups excluding tert-OH is 1. The normalized spacial score (nSPS) is 16.3. The minimum absolute atomic E-state index is 0.0645. The van der Waals surface area contributed by atoms with Gasteiger partial charge in [0.25, 0.3) is 11.8 Å². The number of aliphatic hydroxyl groups is 1. The molecule has 3 aromatic rings. The summed E-state index contributed by atoms with van der Waals surface area (Å²) in [6.45, 7) is 1.47. The van der Waals surface area contributed by atoms with Crippen molar-refractivity contribution in [2.45, 2.75) is 32.4 Å². The van der Waals surface area contributed by atoms with Gasteiger partial charge in [0.2, 0.25) is 0 Å². The van der Waals surface area contributed by atoms with Crippen LogP contribution in [0.25, 0.3) is 22.2 Å². The molecule has 3 aromatic heterocycles. The summed E-state index contributed by atoms with van der Waals surface area (Å²) in [6.07, 6.45) is 6.07. The SMILES string of the molecule is O=C1NC(=O)C(c2cn(CCCO)c3ncccc23)=C1c1cc2n(n1)CCC2. The molecule has 0 unspecified atom stereocenters. The van der Waals surface area contributed by atoms with Crippen LogP contribution in [0.4, 0.5) is 0 Å². The van der Waals surface area contributed by atoms with Crippen LogP contribution in [0.1, 0.15) is 29.8 Å². The first-order chi connectivity index (χ1) is 13.7. The molecule has 2 aliphatic heterocycles. The van der Waals surface area contributed by atoms with Crippen molar-refractivity contribution in [2.24, 2.45) is 0 Å². The van der Waals surface area contributed by atoms with E-state index in [2.05, 4.69) is 15.4 Å². The number of hydrogen-bond acceptors (Lipinski definition) is 5. The Labute approximate surface area is 160 Å². The fraction of sp³-hybridized carbons (Fsp3) is 0.300. The van der Waals surface area contributed by atoms with E-state index >= 15 is 0 Å². The third-order valence-corrected chi connectivity index (χ3v) is 5.31. The van der Waals surface area contributed by atoms with Gasteiger partial charge in [0.15, 0.2) is 0 Å². The number of imide groups is 1. The second-order valence-electron chi connectivity index (χ2n) is 7.07. The zero-order valence-corrected chi connectivity index (χ0v) is 15.2. The maximum atomic E-state index is 12.7. The number of aryl methyl sites for hydroxylation is 3. The summed E-state index contributed by atoms with van der Waals surface area (Å²) in [6, 6.07) is 5.60. The molecule has 5 rings (SSSR count). The van der Waals surface area contributed by atoms with Crippen LogP contribution >= 0.6 is 0 Å². The Morgan fingerprint density at radius 1 is 1.21 bits per heavy atom. The molecule has 0 fully saturated rings. The minimum atomic E-state index is -0.420. The van der Waals surface area contributed by atoms with Crippen molar-refractivity contribution in [1.82, 2.24) is 24.6 Å². The van der Waals surface area contributed by atoms with E-state index in [1.807, 2.05) is 33.6 Å². The van der Waals surface area contributed by atoms with Gasteiger partial charge >= 0.3 is 0 Å². The van der Waals surface area contributed by atoms with E-state index in [-0.39, 0.29) is 6.61 Å². The Balaban J connectivity index is 1.72. The number of nitrogens with zero attached hydrogens (tertiary/aromatic N) is 4. The van der Waals surface area contributed by atoms with E-state index in [0.29, 0.717) is 35.4 Å². The number of hydrogen-bond donors (Lipinski definition) is 2. The molecule has 8 heteroatoms. The van der Waals surface area contributed by atoms with Crippen LogP contribution in [0, 0.1) is 0 Å². The fourth-order valence-electron chi connectivity index (χ4n) is 4.07. The summed E-state index contributed by atoms with van der Waals surface area (Å²) in [5.41, 5.74) is 3.65. The van der Waals surface area contributed by atoms with Crippen LogP contribution in [0.5, 0.6) is 0 Å². The molecule has 0 aliphatic carbocycles. The zero-order chi connectivity index (χ0) is 19.3. The molecule has 2 amide bonds. The van der Waals surface area contributed by atoms with E-state index in [1.165, 1.54) is 0 Å². The van der Waals surface area contributed by atoms with Crippen molar-refractivity contribution in [2.75, 3.05) is 6.61 Å². The smallest absolute Gasteiger partial charge is 0.261 e. The second kappa shape index (κ2) is 6.42. The van der Waals surface area contributed by atoms with Crippen LogP contribution < -0.4 is 5.32 Å². The predicted molar refractivity (Wildman–Crippen MR) is 102 cm³/mol. The lowest BCUT2D eigenvalue weighted by Crippen LogP contribution is -2.22. The van der Waals surface area contributed by atoms with Gasteiger partial charge in [0.1, 0.15) is 5.65 Å². The van der Waals surface area contributed by atoms with Crippen molar-refractivity contribution < 1.29 is 14.7 Å². The standard InChI is InChI=1S/C20H19N5O3/c26-9-3-7-24-11-14(13-5-1-6-21-18(13)24)16-17(20(28)22-19(16)27)15-10-12-4-2-8-25(12)23-15/h1,5-6,10-11,26H,2-4,7-9H2,(H,22,27,28). The Kier molecular flexibility index (Phi) is 3.87. The van der Waals surface area contributed by atoms with Gasteiger partial charge in [-0.15, -0.1) is 0 Å². The fourth-order valence-corrected chi connectivity index (χ4v) is 4.07. The van der Waals surface area contributed by atoms with Crippen molar-refractivity contribution in [3.8, 4) is 0 Å². The van der Waals surface area contributed by atoms with Crippen LogP contribution in [-0.4, -0.2) is 42.9 Å². The van der Waals surface area contributed by atoms with Gasteiger partial charge in [-0.3, -0.25) is 19.6 Å². The first-order valence-electron chi connectivity index (χ1n) is 9.39. The number of carbonyl (C=O) groups excluding carboxylic acids is 2. The average molecular weight is 377 g/mol. The lowest BCUT2D eigenvalue weighted by atomic mass is 9.99. The molecular weight excluding hydrogens is 358 g/mol. The van der Waals surface area contributed by atoms with Crippen molar-refractivity contribution in [3.63, 3.8) is 0 Å². The molecule has 2 N–H and O–H groups in total. The van der Waals surface area contributed by atoms with Crippen molar-refractivity contribution in [1.29, 1.82) is 0 Å². The third-order valence-electron chi connectivity index (χ3n) is 5.31. The summed E-state index contributed by atoms with van der Waals surface area (Å²) in [5.74, 6) is -0.838. The molecule has 0 radical (unpaired) electrons. The maximum Gasteiger partial charge on any atom is 0.261 e. The number of aromatic nitrogens is 4. The molecule has 28 heavy (non-hydrogen) atoms. The summed E-state index contributed by atoms with van der Waals surface area (Å²) in [7, 11) is 0. The Bertz CT molecular complexity index is 1130. The first kappa shape index (κ1) is 16.9. The minimum Gasteiger partial charge on any atom is -0.396 e. The largest absolute Gasteiger partial charge is 0.396 e. The van der Waals surface area contributed by atoms with Crippen molar-refractivity contribution >= 4 is 34.0 Å². The quantitative estimate of drug-likeness (QED) is 0.649. The van der Waals surface area contributed by atoms with Gasteiger partial charge in [-0.2, -0.15) is 5.10 Å². The first-order valence-corrected chi connectivity index (χ1v) is 9.39. The summed E-state index contributed by atoms with van der Waals surface area (Å²) < 4.78 is 3.82. The van der Waals surface area contributed by atoms with E-state index in [0.717, 1.165) is 36.1 Å². The van der Waals surface area contributed by atoms with Crippen LogP contribution in [0.15, 0.2) is 30.6 Å². The van der Waals surface area contributed by atoms with Gasteiger partial charge < -0.3 is 9.67 Å². The molecule has 0 saturated carbocycles. The highest BCUT2D eigenvalue weighted by atomic mass is 16.3. The summed E-state index contributed by atoms with van der Waals surface area (Å²) >= 11 is 0. The number of carbonyl (C=O) groups is 2. The average Bonchev–Trinajstić information content (AvgIpc) is 3.41. The van der Waals surface area contributed by atoms with E-state index in [4.69, 9.17) is 0 Å². The molecule has 8 nitrogen and oxygen atoms in total. The molecular formula is C20H19N5O3. The molecule has 5 heterocycles. The number of amides is 2. The predicted octanol–water partition coefficient (Wildman–Crippen LogP) is 1.13. The molecule has 0 saturated heterocycles. The molecule has 0 aromatic carbocycles. The lowest BCUT2D eigenvalue weighted by molar-refractivity contribution is -0.122. The van der Waals surface area contributed by atoms with E-state index in [1.54, 1.807) is 6.20 Å². The number of nitrogens with one attached hydrogen (secondary N) is 1. The Morgan fingerprint density at radius 2 is 2.07 bits per heavy atom. The van der Waals surface area contributed by atoms with Gasteiger partial charge in [0.05, 0.1) is 16.8 Å². The Hall–Kier alpha value is -3.26. The van der Waals surface area contributed by atoms with Gasteiger partial charge in [-0.1, -0.05) is 0 Å². The van der Waals surface area contributed by atoms with E-state index < -0.39 is 11.8 Å². The monoisotopic (exact) mass is 377 g/mol. The molecule has 0 bridgehead atoms. The van der Waals surface area contributed by atoms with Crippen LogP contribution in [-0.2, 0) is 29.1 Å². The highest BCUT2D eigenvalue weighted by Gasteiger charge is 2.36. The van der Waals surface area contributed by atoms with Gasteiger partial charge in [0, 0.05) is 48.7 Å². The lowest BCUT2D eigenvalue weighted by Gasteiger charge is -2.01. The second-order valence-corrected chi connectivity index (χ2v) is 7.07. The maximum absolute atomic E-state index is 12.7. The number of pyridine rings is 1. The van der Waals surface area contributed by atoms with Crippen LogP contribution in [0.3, 0.4) is 0 Å². The Morgan fingerprint density at radius 3 is 2.89 bits per heavy atom. The molecule has 0 spiro atoms. The number of rotatable bonds is 5. The van der Waals surface area contributed by atoms with E-state index in [9.17, 15) is 14.7 Å². The molecule has 0 atom stereocenters. The molecule has 142 valence electrons. The number of fused-ring (bicyclic) bond motifs is 2. The van der Waals surface area contributed by atoms with Crippen molar-refractivity contribution in [3.05, 3.63) is 47.5 Å². The van der Waals surface area contributed by atoms with Gasteiger partial charge in [-0.25, -0.2) is 4.98 Å². The zero-order valence-electron chi connectivity index (χ0n) is 15.2. The molecule has 2 aliphatic rings.